The van der Waals surface area contributed by atoms with E-state index >= 15 is 0 Å². The molecule has 1 atom stereocenters. The Hall–Kier alpha value is -2.05. The summed E-state index contributed by atoms with van der Waals surface area (Å²) in [5.41, 5.74) is 0.811. The molecule has 6 heteroatoms. The number of nitrogens with zero attached hydrogens (tertiary/aromatic N) is 2. The molecule has 0 saturated carbocycles. The number of halogens is 1. The van der Waals surface area contributed by atoms with Crippen LogP contribution in [0.1, 0.15) is 19.4 Å². The molecule has 1 amide bonds. The van der Waals surface area contributed by atoms with Crippen LogP contribution in [0.25, 0.3) is 0 Å². The molecule has 2 aromatic carbocycles. The van der Waals surface area contributed by atoms with Gasteiger partial charge in [0, 0.05) is 16.0 Å². The largest absolute Gasteiger partial charge is 0.323 e. The highest BCUT2D eigenvalue weighted by atomic mass is 79.9. The zero-order chi connectivity index (χ0) is 17.6. The van der Waals surface area contributed by atoms with Crippen LogP contribution in [-0.4, -0.2) is 15.7 Å². The minimum Gasteiger partial charge on any atom is -0.323 e. The van der Waals surface area contributed by atoms with E-state index in [2.05, 4.69) is 38.5 Å². The van der Waals surface area contributed by atoms with Crippen LogP contribution in [-0.2, 0) is 4.79 Å². The number of nitrogens with one attached hydrogen (secondary N) is 1. The fraction of sp³-hybridized carbons (Fsp3) is 0.158. The minimum atomic E-state index is -0.346. The number of hydrogen-bond donors (Lipinski definition) is 1. The quantitative estimate of drug-likeness (QED) is 0.587. The highest BCUT2D eigenvalue weighted by molar-refractivity contribution is 9.10. The van der Waals surface area contributed by atoms with Gasteiger partial charge in [0.05, 0.1) is 16.4 Å². The number of carbonyl (C=O) groups excluding carboxylic acids is 1. The van der Waals surface area contributed by atoms with Crippen LogP contribution in [0.2, 0.25) is 0 Å². The van der Waals surface area contributed by atoms with E-state index in [0.717, 1.165) is 20.0 Å². The summed E-state index contributed by atoms with van der Waals surface area (Å²) in [6.07, 6.45) is 4.17. The lowest BCUT2D eigenvalue weighted by molar-refractivity contribution is -0.119. The summed E-state index contributed by atoms with van der Waals surface area (Å²) < 4.78 is 2.55. The van der Waals surface area contributed by atoms with E-state index < -0.39 is 0 Å². The van der Waals surface area contributed by atoms with Gasteiger partial charge in [-0.2, -0.15) is 5.10 Å². The maximum atomic E-state index is 12.8. The predicted molar refractivity (Wildman–Crippen MR) is 105 cm³/mol. The molecule has 4 nitrogen and oxygen atoms in total. The molecule has 0 aliphatic heterocycles. The molecule has 25 heavy (non-hydrogen) atoms. The Balaban J connectivity index is 1.79. The second kappa shape index (κ2) is 8.36. The van der Waals surface area contributed by atoms with Crippen molar-refractivity contribution in [2.24, 2.45) is 0 Å². The molecule has 0 radical (unpaired) electrons. The van der Waals surface area contributed by atoms with Gasteiger partial charge in [0.25, 0.3) is 0 Å². The number of carbonyl (C=O) groups is 1. The van der Waals surface area contributed by atoms with Gasteiger partial charge in [-0.3, -0.25) is 9.48 Å². The van der Waals surface area contributed by atoms with Crippen molar-refractivity contribution in [2.75, 3.05) is 5.32 Å². The molecule has 0 aliphatic carbocycles. The van der Waals surface area contributed by atoms with Crippen LogP contribution in [0.3, 0.4) is 0 Å². The second-order valence-corrected chi connectivity index (χ2v) is 7.49. The summed E-state index contributed by atoms with van der Waals surface area (Å²) in [5.74, 6) is -0.0702. The van der Waals surface area contributed by atoms with Gasteiger partial charge in [-0.05, 0) is 46.6 Å². The highest BCUT2D eigenvalue weighted by Crippen LogP contribution is 2.33. The Morgan fingerprint density at radius 1 is 1.20 bits per heavy atom. The first-order valence-electron chi connectivity index (χ1n) is 8.00. The Morgan fingerprint density at radius 2 is 1.92 bits per heavy atom. The first-order chi connectivity index (χ1) is 12.2. The normalized spacial score (nSPS) is 11.9. The molecule has 1 heterocycles. The first kappa shape index (κ1) is 17.8. The van der Waals surface area contributed by atoms with Gasteiger partial charge >= 0.3 is 0 Å². The maximum Gasteiger partial charge on any atom is 0.249 e. The lowest BCUT2D eigenvalue weighted by Crippen LogP contribution is -2.26. The van der Waals surface area contributed by atoms with Crippen LogP contribution < -0.4 is 5.32 Å². The first-order valence-corrected chi connectivity index (χ1v) is 9.60. The van der Waals surface area contributed by atoms with Crippen molar-refractivity contribution in [3.8, 4) is 0 Å². The number of rotatable bonds is 6. The van der Waals surface area contributed by atoms with E-state index in [9.17, 15) is 4.79 Å². The summed E-state index contributed by atoms with van der Waals surface area (Å²) in [4.78, 5) is 14.9. The standard InChI is InChI=1S/C19H18BrN3OS/c1-2-17(23-13-14(20)12-21-23)19(24)22-16-10-6-7-11-18(16)25-15-8-4-3-5-9-15/h3-13,17H,2H2,1H3,(H,22,24). The lowest BCUT2D eigenvalue weighted by atomic mass is 10.2. The van der Waals surface area contributed by atoms with Gasteiger partial charge in [0.15, 0.2) is 0 Å². The van der Waals surface area contributed by atoms with E-state index in [1.165, 1.54) is 0 Å². The minimum absolute atomic E-state index is 0.0702. The molecule has 1 N–H and O–H groups in total. The average molecular weight is 416 g/mol. The molecule has 0 fully saturated rings. The number of para-hydroxylation sites is 1. The number of benzene rings is 2. The fourth-order valence-electron chi connectivity index (χ4n) is 2.47. The molecular formula is C19H18BrN3OS. The topological polar surface area (TPSA) is 46.9 Å². The van der Waals surface area contributed by atoms with E-state index in [-0.39, 0.29) is 11.9 Å². The van der Waals surface area contributed by atoms with Crippen molar-refractivity contribution in [2.45, 2.75) is 29.2 Å². The van der Waals surface area contributed by atoms with Gasteiger partial charge < -0.3 is 5.32 Å². The highest BCUT2D eigenvalue weighted by Gasteiger charge is 2.20. The van der Waals surface area contributed by atoms with Crippen molar-refractivity contribution in [1.29, 1.82) is 0 Å². The van der Waals surface area contributed by atoms with E-state index in [1.54, 1.807) is 22.6 Å². The zero-order valence-electron chi connectivity index (χ0n) is 13.7. The molecule has 3 aromatic rings. The summed E-state index contributed by atoms with van der Waals surface area (Å²) in [5, 5.41) is 7.30. The molecule has 128 valence electrons. The van der Waals surface area contributed by atoms with Gasteiger partial charge in [-0.25, -0.2) is 0 Å². The van der Waals surface area contributed by atoms with Crippen LogP contribution in [0.5, 0.6) is 0 Å². The number of amides is 1. The molecule has 1 unspecified atom stereocenters. The van der Waals surface area contributed by atoms with Crippen LogP contribution in [0, 0.1) is 0 Å². The van der Waals surface area contributed by atoms with E-state index in [1.807, 2.05) is 55.6 Å². The summed E-state index contributed by atoms with van der Waals surface area (Å²) in [7, 11) is 0. The van der Waals surface area contributed by atoms with Gasteiger partial charge in [0.2, 0.25) is 5.91 Å². The van der Waals surface area contributed by atoms with Gasteiger partial charge in [0.1, 0.15) is 6.04 Å². The Kier molecular flexibility index (Phi) is 5.94. The smallest absolute Gasteiger partial charge is 0.249 e. The Labute approximate surface area is 159 Å². The van der Waals surface area contributed by atoms with Crippen molar-refractivity contribution in [3.63, 3.8) is 0 Å². The number of aromatic nitrogens is 2. The molecule has 0 spiro atoms. The average Bonchev–Trinajstić information content (AvgIpc) is 3.04. The fourth-order valence-corrected chi connectivity index (χ4v) is 3.69. The van der Waals surface area contributed by atoms with Crippen LogP contribution in [0.4, 0.5) is 5.69 Å². The summed E-state index contributed by atoms with van der Waals surface area (Å²) in [6.45, 7) is 1.98. The lowest BCUT2D eigenvalue weighted by Gasteiger charge is -2.17. The summed E-state index contributed by atoms with van der Waals surface area (Å²) in [6, 6.07) is 17.6. The third-order valence-corrected chi connectivity index (χ3v) is 5.19. The summed E-state index contributed by atoms with van der Waals surface area (Å²) >= 11 is 5.01. The third kappa shape index (κ3) is 4.52. The van der Waals surface area contributed by atoms with Gasteiger partial charge in [-0.1, -0.05) is 49.0 Å². The monoisotopic (exact) mass is 415 g/mol. The van der Waals surface area contributed by atoms with Crippen molar-refractivity contribution >= 4 is 39.3 Å². The van der Waals surface area contributed by atoms with Crippen LogP contribution in [0.15, 0.2) is 81.3 Å². The van der Waals surface area contributed by atoms with E-state index in [0.29, 0.717) is 6.42 Å². The number of anilines is 1. The molecular weight excluding hydrogens is 398 g/mol. The Morgan fingerprint density at radius 3 is 2.60 bits per heavy atom. The van der Waals surface area contributed by atoms with Crippen molar-refractivity contribution < 1.29 is 4.79 Å². The molecule has 1 aromatic heterocycles. The predicted octanol–water partition coefficient (Wildman–Crippen LogP) is 5.39. The van der Waals surface area contributed by atoms with E-state index in [4.69, 9.17) is 0 Å². The third-order valence-electron chi connectivity index (χ3n) is 3.69. The number of hydrogen-bond acceptors (Lipinski definition) is 3. The molecule has 0 aliphatic rings. The SMILES string of the molecule is CCC(C(=O)Nc1ccccc1Sc1ccccc1)n1cc(Br)cn1. The Bertz CT molecular complexity index is 851. The second-order valence-electron chi connectivity index (χ2n) is 5.46. The van der Waals surface area contributed by atoms with Crippen molar-refractivity contribution in [1.82, 2.24) is 9.78 Å². The molecule has 0 saturated heterocycles. The van der Waals surface area contributed by atoms with Crippen LogP contribution >= 0.6 is 27.7 Å². The van der Waals surface area contributed by atoms with Gasteiger partial charge in [-0.15, -0.1) is 0 Å². The van der Waals surface area contributed by atoms with Crippen molar-refractivity contribution in [3.05, 3.63) is 71.5 Å². The zero-order valence-corrected chi connectivity index (χ0v) is 16.1. The maximum absolute atomic E-state index is 12.8. The molecule has 0 bridgehead atoms. The molecule has 3 rings (SSSR count).